The fourth-order valence-corrected chi connectivity index (χ4v) is 4.91. The van der Waals surface area contributed by atoms with Crippen LogP contribution < -0.4 is 0 Å². The van der Waals surface area contributed by atoms with E-state index in [-0.39, 0.29) is 22.9 Å². The summed E-state index contributed by atoms with van der Waals surface area (Å²) in [5.74, 6) is 0.590. The number of amides is 1. The molecule has 1 amide bonds. The summed E-state index contributed by atoms with van der Waals surface area (Å²) in [4.78, 5) is 18.8. The molecule has 1 fully saturated rings. The van der Waals surface area contributed by atoms with E-state index < -0.39 is 10.0 Å². The average molecular weight is 419 g/mol. The number of hydrogen-bond donors (Lipinski definition) is 0. The van der Waals surface area contributed by atoms with Crippen LogP contribution in [0, 0.1) is 6.92 Å². The topological polar surface area (TPSA) is 75.5 Å². The maximum atomic E-state index is 12.9. The molecule has 0 saturated carbocycles. The first-order valence-corrected chi connectivity index (χ1v) is 11.3. The van der Waals surface area contributed by atoms with Gasteiger partial charge in [-0.25, -0.2) is 13.4 Å². The lowest BCUT2D eigenvalue weighted by Gasteiger charge is -2.22. The first kappa shape index (κ1) is 21.5. The third-order valence-corrected chi connectivity index (χ3v) is 7.20. The molecule has 1 aliphatic rings. The molecule has 2 heterocycles. The minimum atomic E-state index is -3.66. The van der Waals surface area contributed by atoms with Crippen molar-refractivity contribution in [3.63, 3.8) is 0 Å². The van der Waals surface area contributed by atoms with Crippen molar-refractivity contribution in [2.45, 2.75) is 44.6 Å². The van der Waals surface area contributed by atoms with Crippen LogP contribution in [-0.4, -0.2) is 59.3 Å². The van der Waals surface area contributed by atoms with Crippen molar-refractivity contribution in [3.8, 4) is 0 Å². The molecule has 7 nitrogen and oxygen atoms in total. The van der Waals surface area contributed by atoms with Gasteiger partial charge in [0.05, 0.1) is 0 Å². The Bertz CT molecular complexity index is 968. The van der Waals surface area contributed by atoms with Crippen LogP contribution in [0.25, 0.3) is 0 Å². The van der Waals surface area contributed by atoms with Gasteiger partial charge in [0.1, 0.15) is 5.82 Å². The molecule has 3 rings (SSSR count). The summed E-state index contributed by atoms with van der Waals surface area (Å²) >= 11 is 0. The van der Waals surface area contributed by atoms with E-state index in [2.05, 4.69) is 25.8 Å². The lowest BCUT2D eigenvalue weighted by Crippen LogP contribution is -2.37. The normalized spacial score (nSPS) is 16.7. The lowest BCUT2D eigenvalue weighted by molar-refractivity contribution is 0.0764. The van der Waals surface area contributed by atoms with E-state index in [0.717, 1.165) is 0 Å². The van der Waals surface area contributed by atoms with E-state index in [1.807, 2.05) is 24.3 Å². The van der Waals surface area contributed by atoms with Crippen molar-refractivity contribution in [1.82, 2.24) is 18.8 Å². The van der Waals surface area contributed by atoms with Crippen LogP contribution in [0.15, 0.2) is 35.5 Å². The highest BCUT2D eigenvalue weighted by Gasteiger charge is 2.30. The summed E-state index contributed by atoms with van der Waals surface area (Å²) < 4.78 is 29.0. The van der Waals surface area contributed by atoms with Crippen molar-refractivity contribution in [3.05, 3.63) is 47.4 Å². The minimum Gasteiger partial charge on any atom is -0.337 e. The third-order valence-electron chi connectivity index (χ3n) is 5.43. The van der Waals surface area contributed by atoms with Crippen molar-refractivity contribution < 1.29 is 13.2 Å². The molecule has 0 aliphatic carbocycles. The number of rotatable bonds is 3. The molecule has 0 spiro atoms. The highest BCUT2D eigenvalue weighted by molar-refractivity contribution is 7.89. The molecule has 158 valence electrons. The van der Waals surface area contributed by atoms with E-state index in [1.54, 1.807) is 23.4 Å². The predicted molar refractivity (Wildman–Crippen MR) is 112 cm³/mol. The van der Waals surface area contributed by atoms with Crippen molar-refractivity contribution in [1.29, 1.82) is 0 Å². The summed E-state index contributed by atoms with van der Waals surface area (Å²) in [6.45, 7) is 9.73. The zero-order valence-corrected chi connectivity index (χ0v) is 18.7. The number of carbonyl (C=O) groups is 1. The van der Waals surface area contributed by atoms with Crippen molar-refractivity contribution >= 4 is 15.9 Å². The molecular weight excluding hydrogens is 388 g/mol. The molecular formula is C21H30N4O3S. The van der Waals surface area contributed by atoms with Gasteiger partial charge in [-0.1, -0.05) is 32.9 Å². The molecule has 1 aliphatic heterocycles. The second-order valence-electron chi connectivity index (χ2n) is 8.61. The summed E-state index contributed by atoms with van der Waals surface area (Å²) in [7, 11) is -1.89. The quantitative estimate of drug-likeness (QED) is 0.768. The summed E-state index contributed by atoms with van der Waals surface area (Å²) in [6.07, 6.45) is 2.13. The van der Waals surface area contributed by atoms with Crippen LogP contribution in [0.3, 0.4) is 0 Å². The van der Waals surface area contributed by atoms with Crippen molar-refractivity contribution in [2.24, 2.45) is 7.05 Å². The molecule has 0 atom stereocenters. The zero-order chi connectivity index (χ0) is 21.4. The van der Waals surface area contributed by atoms with Crippen LogP contribution in [0.1, 0.15) is 48.9 Å². The molecule has 2 aromatic rings. The van der Waals surface area contributed by atoms with Crippen LogP contribution in [-0.2, 0) is 22.5 Å². The second kappa shape index (κ2) is 7.91. The van der Waals surface area contributed by atoms with Gasteiger partial charge >= 0.3 is 0 Å². The number of benzene rings is 1. The van der Waals surface area contributed by atoms with Gasteiger partial charge in [0, 0.05) is 45.0 Å². The molecule has 1 aromatic carbocycles. The Hall–Kier alpha value is -2.19. The number of sulfonamides is 1. The zero-order valence-electron chi connectivity index (χ0n) is 17.8. The Kier molecular flexibility index (Phi) is 5.87. The molecule has 1 saturated heterocycles. The van der Waals surface area contributed by atoms with E-state index in [4.69, 9.17) is 0 Å². The number of aryl methyl sites for hydroxylation is 2. The molecule has 8 heteroatoms. The van der Waals surface area contributed by atoms with Crippen molar-refractivity contribution in [2.75, 3.05) is 26.2 Å². The first-order chi connectivity index (χ1) is 13.5. The predicted octanol–water partition coefficient (Wildman–Crippen LogP) is 2.56. The number of hydrogen-bond acceptors (Lipinski definition) is 4. The first-order valence-electron chi connectivity index (χ1n) is 9.90. The van der Waals surface area contributed by atoms with Gasteiger partial charge in [0.15, 0.2) is 5.03 Å². The molecule has 29 heavy (non-hydrogen) atoms. The number of imidazole rings is 1. The molecule has 0 radical (unpaired) electrons. The SMILES string of the molecule is Cc1nc(S(=O)(=O)N2CCCN(C(=O)c3ccc(C(C)(C)C)cc3)CC2)cn1C. The second-order valence-corrected chi connectivity index (χ2v) is 10.5. The van der Waals surface area contributed by atoms with E-state index >= 15 is 0 Å². The van der Waals surface area contributed by atoms with Gasteiger partial charge in [-0.15, -0.1) is 0 Å². The molecule has 1 aromatic heterocycles. The van der Waals surface area contributed by atoms with Gasteiger partial charge < -0.3 is 9.47 Å². The molecule has 0 N–H and O–H groups in total. The van der Waals surface area contributed by atoms with Crippen LogP contribution in [0.5, 0.6) is 0 Å². The summed E-state index contributed by atoms with van der Waals surface area (Å²) in [5, 5.41) is 0.0649. The van der Waals surface area contributed by atoms with Gasteiger partial charge in [-0.05, 0) is 36.5 Å². The Morgan fingerprint density at radius 2 is 1.69 bits per heavy atom. The van der Waals surface area contributed by atoms with Crippen LogP contribution in [0.2, 0.25) is 0 Å². The number of nitrogens with zero attached hydrogens (tertiary/aromatic N) is 4. The molecule has 0 bridgehead atoms. The van der Waals surface area contributed by atoms with E-state index in [1.165, 1.54) is 16.1 Å². The highest BCUT2D eigenvalue weighted by atomic mass is 32.2. The van der Waals surface area contributed by atoms with Gasteiger partial charge in [-0.3, -0.25) is 4.79 Å². The maximum Gasteiger partial charge on any atom is 0.262 e. The standard InChI is InChI=1S/C21H30N4O3S/c1-16-22-19(15-23(16)5)29(27,28)25-12-6-11-24(13-14-25)20(26)17-7-9-18(10-8-17)21(2,3)4/h7-10,15H,6,11-14H2,1-5H3. The summed E-state index contributed by atoms with van der Waals surface area (Å²) in [5.41, 5.74) is 1.84. The lowest BCUT2D eigenvalue weighted by atomic mass is 9.86. The molecule has 0 unspecified atom stereocenters. The Labute approximate surface area is 173 Å². The Morgan fingerprint density at radius 1 is 1.03 bits per heavy atom. The smallest absolute Gasteiger partial charge is 0.262 e. The van der Waals surface area contributed by atoms with Gasteiger partial charge in [0.2, 0.25) is 0 Å². The summed E-state index contributed by atoms with van der Waals surface area (Å²) in [6, 6.07) is 7.70. The highest BCUT2D eigenvalue weighted by Crippen LogP contribution is 2.23. The largest absolute Gasteiger partial charge is 0.337 e. The van der Waals surface area contributed by atoms with Gasteiger partial charge in [-0.2, -0.15) is 4.31 Å². The van der Waals surface area contributed by atoms with Gasteiger partial charge in [0.25, 0.3) is 15.9 Å². The Morgan fingerprint density at radius 3 is 2.24 bits per heavy atom. The van der Waals surface area contributed by atoms with Crippen LogP contribution >= 0.6 is 0 Å². The average Bonchev–Trinajstić information content (AvgIpc) is 2.86. The maximum absolute atomic E-state index is 12.9. The number of aromatic nitrogens is 2. The Balaban J connectivity index is 1.71. The van der Waals surface area contributed by atoms with E-state index in [9.17, 15) is 13.2 Å². The van der Waals surface area contributed by atoms with E-state index in [0.29, 0.717) is 37.4 Å². The minimum absolute atomic E-state index is 0.0306. The van der Waals surface area contributed by atoms with Crippen LogP contribution in [0.4, 0.5) is 0 Å². The number of carbonyl (C=O) groups excluding carboxylic acids is 1. The fourth-order valence-electron chi connectivity index (χ4n) is 3.42. The fraction of sp³-hybridized carbons (Fsp3) is 0.524. The third kappa shape index (κ3) is 4.53. The monoisotopic (exact) mass is 418 g/mol.